The summed E-state index contributed by atoms with van der Waals surface area (Å²) < 4.78 is 0. The third kappa shape index (κ3) is 2.78. The van der Waals surface area contributed by atoms with Crippen LogP contribution in [-0.2, 0) is 6.42 Å². The fourth-order valence-corrected chi connectivity index (χ4v) is 3.98. The summed E-state index contributed by atoms with van der Waals surface area (Å²) in [6.45, 7) is 9.25. The van der Waals surface area contributed by atoms with Gasteiger partial charge in [0.05, 0.1) is 22.5 Å². The summed E-state index contributed by atoms with van der Waals surface area (Å²) in [5, 5.41) is 7.71. The third-order valence-electron chi connectivity index (χ3n) is 3.43. The summed E-state index contributed by atoms with van der Waals surface area (Å²) >= 11 is 3.41. The molecule has 0 bridgehead atoms. The van der Waals surface area contributed by atoms with Gasteiger partial charge in [0.15, 0.2) is 0 Å². The molecular weight excluding hydrogens is 300 g/mol. The van der Waals surface area contributed by atoms with Gasteiger partial charge in [-0.15, -0.1) is 22.7 Å². The molecule has 0 aliphatic carbocycles. The van der Waals surface area contributed by atoms with Gasteiger partial charge in [0.2, 0.25) is 0 Å². The van der Waals surface area contributed by atoms with E-state index in [1.54, 1.807) is 22.7 Å². The Hall–Kier alpha value is -1.53. The number of thiazole rings is 1. The molecule has 0 unspecified atom stereocenters. The Morgan fingerprint density at radius 3 is 2.62 bits per heavy atom. The molecule has 1 N–H and O–H groups in total. The molecule has 3 heterocycles. The van der Waals surface area contributed by atoms with Gasteiger partial charge < -0.3 is 5.32 Å². The lowest BCUT2D eigenvalue weighted by Gasteiger charge is -2.07. The topological polar surface area (TPSA) is 50.7 Å². The number of hydrogen-bond acceptors (Lipinski definition) is 6. The average Bonchev–Trinajstić information content (AvgIpc) is 2.95. The van der Waals surface area contributed by atoms with Crippen LogP contribution in [0, 0.1) is 20.8 Å². The Labute approximate surface area is 132 Å². The first-order chi connectivity index (χ1) is 10.1. The molecule has 0 saturated carbocycles. The van der Waals surface area contributed by atoms with Crippen molar-refractivity contribution in [3.8, 4) is 0 Å². The van der Waals surface area contributed by atoms with E-state index in [-0.39, 0.29) is 0 Å². The smallest absolute Gasteiger partial charge is 0.138 e. The highest BCUT2D eigenvalue weighted by Gasteiger charge is 2.14. The molecular formula is C15H18N4S2. The molecule has 0 amide bonds. The van der Waals surface area contributed by atoms with Crippen molar-refractivity contribution in [1.29, 1.82) is 0 Å². The highest BCUT2D eigenvalue weighted by Crippen LogP contribution is 2.33. The predicted octanol–water partition coefficient (Wildman–Crippen LogP) is 4.10. The van der Waals surface area contributed by atoms with Gasteiger partial charge in [0.25, 0.3) is 0 Å². The first-order valence-corrected chi connectivity index (χ1v) is 8.69. The summed E-state index contributed by atoms with van der Waals surface area (Å²) in [6.07, 6.45) is 0.689. The van der Waals surface area contributed by atoms with E-state index in [9.17, 15) is 0 Å². The van der Waals surface area contributed by atoms with Crippen molar-refractivity contribution in [2.75, 3.05) is 11.9 Å². The lowest BCUT2D eigenvalue weighted by Crippen LogP contribution is -2.05. The minimum atomic E-state index is 0.689. The zero-order chi connectivity index (χ0) is 15.0. The lowest BCUT2D eigenvalue weighted by molar-refractivity contribution is 0.958. The number of nitrogens with one attached hydrogen (secondary N) is 1. The Kier molecular flexibility index (Phi) is 3.91. The van der Waals surface area contributed by atoms with E-state index >= 15 is 0 Å². The Morgan fingerprint density at radius 2 is 1.95 bits per heavy atom. The predicted molar refractivity (Wildman–Crippen MR) is 90.7 cm³/mol. The molecule has 0 spiro atoms. The van der Waals surface area contributed by atoms with Crippen molar-refractivity contribution in [1.82, 2.24) is 15.0 Å². The SMILES string of the molecule is CCNc1nc(Cc2csc(C)n2)nc2sc(C)c(C)c12. The largest absolute Gasteiger partial charge is 0.370 e. The maximum Gasteiger partial charge on any atom is 0.138 e. The monoisotopic (exact) mass is 318 g/mol. The molecule has 110 valence electrons. The van der Waals surface area contributed by atoms with Crippen LogP contribution in [0.3, 0.4) is 0 Å². The van der Waals surface area contributed by atoms with E-state index < -0.39 is 0 Å². The molecule has 21 heavy (non-hydrogen) atoms. The molecule has 3 rings (SSSR count). The first kappa shape index (κ1) is 14.4. The highest BCUT2D eigenvalue weighted by molar-refractivity contribution is 7.18. The minimum Gasteiger partial charge on any atom is -0.370 e. The van der Waals surface area contributed by atoms with Crippen molar-refractivity contribution >= 4 is 38.7 Å². The normalized spacial score (nSPS) is 11.2. The molecule has 0 radical (unpaired) electrons. The van der Waals surface area contributed by atoms with Crippen LogP contribution in [0.5, 0.6) is 0 Å². The standard InChI is InChI=1S/C15H18N4S2/c1-5-16-14-13-8(2)9(3)21-15(13)19-12(18-14)6-11-7-20-10(4)17-11/h7H,5-6H2,1-4H3,(H,16,18,19). The number of rotatable bonds is 4. The number of nitrogens with zero attached hydrogens (tertiary/aromatic N) is 3. The second kappa shape index (κ2) is 5.69. The van der Waals surface area contributed by atoms with E-state index in [1.807, 2.05) is 6.92 Å². The van der Waals surface area contributed by atoms with Gasteiger partial charge in [0.1, 0.15) is 16.5 Å². The molecule has 3 aromatic heterocycles. The van der Waals surface area contributed by atoms with E-state index in [1.165, 1.54) is 10.4 Å². The van der Waals surface area contributed by atoms with Gasteiger partial charge in [-0.25, -0.2) is 15.0 Å². The van der Waals surface area contributed by atoms with Gasteiger partial charge in [-0.05, 0) is 33.3 Å². The molecule has 0 atom stereocenters. The number of aryl methyl sites for hydroxylation is 3. The van der Waals surface area contributed by atoms with Crippen molar-refractivity contribution in [2.45, 2.75) is 34.1 Å². The molecule has 0 saturated heterocycles. The van der Waals surface area contributed by atoms with Crippen LogP contribution in [0.25, 0.3) is 10.2 Å². The lowest BCUT2D eigenvalue weighted by atomic mass is 10.2. The number of fused-ring (bicyclic) bond motifs is 1. The Balaban J connectivity index is 2.07. The van der Waals surface area contributed by atoms with Crippen LogP contribution in [0.1, 0.15) is 33.9 Å². The zero-order valence-electron chi connectivity index (χ0n) is 12.6. The Bertz CT molecular complexity index is 788. The van der Waals surface area contributed by atoms with Crippen LogP contribution >= 0.6 is 22.7 Å². The van der Waals surface area contributed by atoms with Crippen LogP contribution in [0.15, 0.2) is 5.38 Å². The van der Waals surface area contributed by atoms with E-state index in [2.05, 4.69) is 36.5 Å². The summed E-state index contributed by atoms with van der Waals surface area (Å²) in [5.41, 5.74) is 2.33. The molecule has 0 fully saturated rings. The van der Waals surface area contributed by atoms with Crippen LogP contribution in [0.2, 0.25) is 0 Å². The zero-order valence-corrected chi connectivity index (χ0v) is 14.3. The molecule has 4 nitrogen and oxygen atoms in total. The van der Waals surface area contributed by atoms with Crippen molar-refractivity contribution in [3.05, 3.63) is 32.3 Å². The van der Waals surface area contributed by atoms with Gasteiger partial charge in [-0.2, -0.15) is 0 Å². The van der Waals surface area contributed by atoms with Crippen molar-refractivity contribution in [3.63, 3.8) is 0 Å². The second-order valence-corrected chi connectivity index (χ2v) is 7.28. The Morgan fingerprint density at radius 1 is 1.14 bits per heavy atom. The van der Waals surface area contributed by atoms with E-state index in [4.69, 9.17) is 9.97 Å². The fourth-order valence-electron chi connectivity index (χ4n) is 2.32. The summed E-state index contributed by atoms with van der Waals surface area (Å²) in [7, 11) is 0. The summed E-state index contributed by atoms with van der Waals surface area (Å²) in [6, 6.07) is 0. The van der Waals surface area contributed by atoms with Crippen LogP contribution < -0.4 is 5.32 Å². The van der Waals surface area contributed by atoms with Gasteiger partial charge in [-0.1, -0.05) is 0 Å². The second-order valence-electron chi connectivity index (χ2n) is 5.02. The molecule has 3 aromatic rings. The number of hydrogen-bond donors (Lipinski definition) is 1. The van der Waals surface area contributed by atoms with Gasteiger partial charge >= 0.3 is 0 Å². The van der Waals surface area contributed by atoms with Gasteiger partial charge in [0, 0.05) is 16.8 Å². The maximum absolute atomic E-state index is 4.74. The third-order valence-corrected chi connectivity index (χ3v) is 5.35. The van der Waals surface area contributed by atoms with Crippen LogP contribution in [0.4, 0.5) is 5.82 Å². The van der Waals surface area contributed by atoms with Crippen LogP contribution in [-0.4, -0.2) is 21.5 Å². The first-order valence-electron chi connectivity index (χ1n) is 7.00. The average molecular weight is 318 g/mol. The minimum absolute atomic E-state index is 0.689. The molecule has 0 aliphatic rings. The maximum atomic E-state index is 4.74. The van der Waals surface area contributed by atoms with Gasteiger partial charge in [-0.3, -0.25) is 0 Å². The van der Waals surface area contributed by atoms with Crippen molar-refractivity contribution < 1.29 is 0 Å². The van der Waals surface area contributed by atoms with Crippen molar-refractivity contribution in [2.24, 2.45) is 0 Å². The number of anilines is 1. The summed E-state index contributed by atoms with van der Waals surface area (Å²) in [4.78, 5) is 16.3. The number of aromatic nitrogens is 3. The highest BCUT2D eigenvalue weighted by atomic mass is 32.1. The molecule has 0 aliphatic heterocycles. The molecule has 6 heteroatoms. The van der Waals surface area contributed by atoms with E-state index in [0.29, 0.717) is 6.42 Å². The fraction of sp³-hybridized carbons (Fsp3) is 0.400. The quantitative estimate of drug-likeness (QED) is 0.787. The molecule has 0 aromatic carbocycles. The summed E-state index contributed by atoms with van der Waals surface area (Å²) in [5.74, 6) is 1.79. The van der Waals surface area contributed by atoms with E-state index in [0.717, 1.165) is 39.1 Å². The number of thiophene rings is 1.